The van der Waals surface area contributed by atoms with E-state index in [-0.39, 0.29) is 37.6 Å². The topological polar surface area (TPSA) is 186 Å². The summed E-state index contributed by atoms with van der Waals surface area (Å²) in [6.07, 6.45) is -1.70. The molecule has 3 N–H and O–H groups in total. The second-order valence-electron chi connectivity index (χ2n) is 18.1. The van der Waals surface area contributed by atoms with Gasteiger partial charge < -0.3 is 49.1 Å². The molecule has 0 fully saturated rings. The van der Waals surface area contributed by atoms with Crippen molar-refractivity contribution in [2.75, 3.05) is 14.2 Å². The number of hydrogen-bond donors (Lipinski definition) is 3. The van der Waals surface area contributed by atoms with Crippen LogP contribution in [0.3, 0.4) is 0 Å². The van der Waals surface area contributed by atoms with E-state index in [0.29, 0.717) is 45.9 Å². The first-order valence-electron chi connectivity index (χ1n) is 21.7. The Morgan fingerprint density at radius 2 is 1.20 bits per heavy atom. The zero-order valence-electron chi connectivity index (χ0n) is 40.0. The van der Waals surface area contributed by atoms with Crippen LogP contribution in [-0.4, -0.2) is 85.8 Å². The molecule has 0 aliphatic carbocycles. The molecular weight excluding hydrogens is 823 g/mol. The van der Waals surface area contributed by atoms with Crippen LogP contribution in [0.2, 0.25) is 0 Å². The highest BCUT2D eigenvalue weighted by atomic mass is 16.6. The van der Waals surface area contributed by atoms with Crippen molar-refractivity contribution < 1.29 is 57.1 Å². The van der Waals surface area contributed by atoms with Gasteiger partial charge in [-0.15, -0.1) is 0 Å². The summed E-state index contributed by atoms with van der Waals surface area (Å²) < 4.78 is 40.5. The third-order valence-electron chi connectivity index (χ3n) is 9.43. The standard InChI is InChI=1S/C49H69N3O12/c1-15-31(6)41(52-46(56)60-28-32-19-17-16-18-20-32)43(53)50-38(45(55)63-48(7,8)9)26-34-24-36(42(62-30(4)5)40(27-34)61-29(2)3)35-23-33(21-22-39(35)58-13)25-37(44(54)59-14)51-47(57)64-49(10,11)12/h16-24,27,29-31,37-38,41H,15,25-26,28H2,1-14H3,(H,50,53)(H,51,57)(H,52,56)/t31-,37-,38-,41-/m0/s1. The molecule has 0 saturated heterocycles. The molecule has 4 atom stereocenters. The van der Waals surface area contributed by atoms with Crippen molar-refractivity contribution in [3.05, 3.63) is 77.4 Å². The Balaban J connectivity index is 2.17. The largest absolute Gasteiger partial charge is 0.496 e. The number of methoxy groups -OCH3 is 2. The molecule has 0 aliphatic rings. The number of amides is 3. The molecule has 15 heteroatoms. The van der Waals surface area contributed by atoms with Crippen molar-refractivity contribution in [1.29, 1.82) is 0 Å². The molecule has 0 heterocycles. The lowest BCUT2D eigenvalue weighted by molar-refractivity contribution is -0.158. The Bertz CT molecular complexity index is 2040. The normalized spacial score (nSPS) is 13.4. The molecule has 0 aliphatic heterocycles. The third kappa shape index (κ3) is 16.9. The molecule has 3 aromatic rings. The zero-order valence-corrected chi connectivity index (χ0v) is 40.0. The number of benzene rings is 3. The molecule has 0 radical (unpaired) electrons. The van der Waals surface area contributed by atoms with Gasteiger partial charge in [-0.05, 0) is 116 Å². The Morgan fingerprint density at radius 1 is 0.609 bits per heavy atom. The van der Waals surface area contributed by atoms with E-state index in [1.165, 1.54) is 14.2 Å². The van der Waals surface area contributed by atoms with Crippen molar-refractivity contribution in [2.45, 2.75) is 150 Å². The molecule has 0 spiro atoms. The Morgan fingerprint density at radius 3 is 1.77 bits per heavy atom. The summed E-state index contributed by atoms with van der Waals surface area (Å²) >= 11 is 0. The highest BCUT2D eigenvalue weighted by Crippen LogP contribution is 2.45. The van der Waals surface area contributed by atoms with E-state index in [9.17, 15) is 24.0 Å². The van der Waals surface area contributed by atoms with Gasteiger partial charge in [-0.25, -0.2) is 19.2 Å². The van der Waals surface area contributed by atoms with Gasteiger partial charge in [-0.1, -0.05) is 56.7 Å². The predicted octanol–water partition coefficient (Wildman–Crippen LogP) is 8.26. The molecule has 0 unspecified atom stereocenters. The molecule has 3 amide bonds. The van der Waals surface area contributed by atoms with E-state index < -0.39 is 59.4 Å². The minimum atomic E-state index is -1.23. The lowest BCUT2D eigenvalue weighted by Gasteiger charge is -2.28. The maximum absolute atomic E-state index is 14.2. The van der Waals surface area contributed by atoms with Gasteiger partial charge in [0.25, 0.3) is 0 Å². The fourth-order valence-corrected chi connectivity index (χ4v) is 6.45. The fourth-order valence-electron chi connectivity index (χ4n) is 6.45. The summed E-state index contributed by atoms with van der Waals surface area (Å²) in [6.45, 7) is 21.5. The van der Waals surface area contributed by atoms with E-state index in [1.54, 1.807) is 59.7 Å². The van der Waals surface area contributed by atoms with Crippen LogP contribution in [0.4, 0.5) is 9.59 Å². The highest BCUT2D eigenvalue weighted by molar-refractivity contribution is 5.90. The number of carbonyl (C=O) groups excluding carboxylic acids is 5. The van der Waals surface area contributed by atoms with Gasteiger partial charge in [0.2, 0.25) is 5.91 Å². The molecule has 0 saturated carbocycles. The van der Waals surface area contributed by atoms with Gasteiger partial charge in [0.15, 0.2) is 11.5 Å². The average molecular weight is 892 g/mol. The van der Waals surface area contributed by atoms with Crippen molar-refractivity contribution >= 4 is 30.0 Å². The van der Waals surface area contributed by atoms with Crippen LogP contribution in [0.25, 0.3) is 11.1 Å². The zero-order chi connectivity index (χ0) is 47.9. The number of hydrogen-bond acceptors (Lipinski definition) is 12. The maximum Gasteiger partial charge on any atom is 0.408 e. The first kappa shape index (κ1) is 52.4. The monoisotopic (exact) mass is 891 g/mol. The van der Waals surface area contributed by atoms with Crippen LogP contribution >= 0.6 is 0 Å². The minimum Gasteiger partial charge on any atom is -0.496 e. The van der Waals surface area contributed by atoms with E-state index in [2.05, 4.69) is 16.0 Å². The number of esters is 2. The summed E-state index contributed by atoms with van der Waals surface area (Å²) in [7, 11) is 2.75. The van der Waals surface area contributed by atoms with Gasteiger partial charge in [0.1, 0.15) is 41.7 Å². The summed E-state index contributed by atoms with van der Waals surface area (Å²) in [4.78, 5) is 67.1. The first-order chi connectivity index (χ1) is 29.9. The summed E-state index contributed by atoms with van der Waals surface area (Å²) in [5, 5.41) is 8.21. The summed E-state index contributed by atoms with van der Waals surface area (Å²) in [5.41, 5.74) is 1.31. The Kier molecular flexibility index (Phi) is 19.3. The smallest absolute Gasteiger partial charge is 0.408 e. The van der Waals surface area contributed by atoms with Gasteiger partial charge in [-0.2, -0.15) is 0 Å². The van der Waals surface area contributed by atoms with Gasteiger partial charge in [-0.3, -0.25) is 4.79 Å². The minimum absolute atomic E-state index is 0.00418. The third-order valence-corrected chi connectivity index (χ3v) is 9.43. The number of carbonyl (C=O) groups is 5. The fraction of sp³-hybridized carbons (Fsp3) is 0.531. The van der Waals surface area contributed by atoms with Crippen molar-refractivity contribution in [1.82, 2.24) is 16.0 Å². The van der Waals surface area contributed by atoms with Crippen LogP contribution in [-0.2, 0) is 52.8 Å². The number of ether oxygens (including phenoxy) is 7. The number of rotatable bonds is 20. The van der Waals surface area contributed by atoms with Crippen molar-refractivity contribution in [3.8, 4) is 28.4 Å². The van der Waals surface area contributed by atoms with Gasteiger partial charge in [0.05, 0.1) is 26.4 Å². The van der Waals surface area contributed by atoms with Crippen molar-refractivity contribution in [3.63, 3.8) is 0 Å². The molecule has 3 rings (SSSR count). The lowest BCUT2D eigenvalue weighted by atomic mass is 9.93. The molecule has 64 heavy (non-hydrogen) atoms. The maximum atomic E-state index is 14.2. The van der Waals surface area contributed by atoms with E-state index >= 15 is 0 Å². The Labute approximate surface area is 378 Å². The molecule has 3 aromatic carbocycles. The first-order valence-corrected chi connectivity index (χ1v) is 21.7. The van der Waals surface area contributed by atoms with Crippen LogP contribution in [0.1, 0.15) is 106 Å². The van der Waals surface area contributed by atoms with Gasteiger partial charge >= 0.3 is 24.1 Å². The predicted molar refractivity (Wildman–Crippen MR) is 243 cm³/mol. The average Bonchev–Trinajstić information content (AvgIpc) is 3.20. The summed E-state index contributed by atoms with van der Waals surface area (Å²) in [5.74, 6) is -1.13. The van der Waals surface area contributed by atoms with E-state index in [0.717, 1.165) is 5.56 Å². The Hall–Kier alpha value is -5.99. The van der Waals surface area contributed by atoms with E-state index in [1.807, 2.05) is 84.0 Å². The van der Waals surface area contributed by atoms with Gasteiger partial charge in [0, 0.05) is 24.0 Å². The summed E-state index contributed by atoms with van der Waals surface area (Å²) in [6, 6.07) is 14.7. The second kappa shape index (κ2) is 23.6. The van der Waals surface area contributed by atoms with Crippen molar-refractivity contribution in [2.24, 2.45) is 5.92 Å². The molecule has 0 bridgehead atoms. The van der Waals surface area contributed by atoms with Crippen LogP contribution < -0.4 is 30.2 Å². The number of nitrogens with one attached hydrogen (secondary N) is 3. The SMILES string of the molecule is CC[C@H](C)[C@H](NC(=O)OCc1ccccc1)C(=O)N[C@@H](Cc1cc(OC(C)C)c(OC(C)C)c(-c2cc(C[C@H](NC(=O)OC(C)(C)C)C(=O)OC)ccc2OC)c1)C(=O)OC(C)(C)C. The quantitative estimate of drug-likeness (QED) is 0.0730. The molecule has 15 nitrogen and oxygen atoms in total. The van der Waals surface area contributed by atoms with Crippen LogP contribution in [0.15, 0.2) is 60.7 Å². The molecule has 0 aromatic heterocycles. The van der Waals surface area contributed by atoms with Crippen LogP contribution in [0, 0.1) is 5.92 Å². The molecular formula is C49H69N3O12. The van der Waals surface area contributed by atoms with Crippen LogP contribution in [0.5, 0.6) is 17.2 Å². The number of alkyl carbamates (subject to hydrolysis) is 2. The lowest BCUT2D eigenvalue weighted by Crippen LogP contribution is -2.55. The highest BCUT2D eigenvalue weighted by Gasteiger charge is 2.34. The second-order valence-corrected chi connectivity index (χ2v) is 18.1. The van der Waals surface area contributed by atoms with E-state index in [4.69, 9.17) is 33.2 Å². The molecule has 352 valence electrons.